The van der Waals surface area contributed by atoms with E-state index in [1.807, 2.05) is 13.8 Å². The van der Waals surface area contributed by atoms with Crippen molar-refractivity contribution < 1.29 is 18.8 Å². The predicted octanol–water partition coefficient (Wildman–Crippen LogP) is 0.843. The molecule has 2 rings (SSSR count). The average molecular weight is 349 g/mol. The van der Waals surface area contributed by atoms with Crippen molar-refractivity contribution in [2.75, 3.05) is 13.1 Å². The van der Waals surface area contributed by atoms with Gasteiger partial charge in [-0.1, -0.05) is 12.1 Å². The molecule has 1 aromatic rings. The second kappa shape index (κ2) is 8.09. The molecular weight excluding hydrogens is 325 g/mol. The Morgan fingerprint density at radius 3 is 2.48 bits per heavy atom. The van der Waals surface area contributed by atoms with Gasteiger partial charge in [0.25, 0.3) is 0 Å². The summed E-state index contributed by atoms with van der Waals surface area (Å²) in [6.07, 6.45) is 0.501. The van der Waals surface area contributed by atoms with E-state index in [9.17, 15) is 18.8 Å². The number of likely N-dealkylation sites (tertiary alicyclic amines) is 1. The minimum Gasteiger partial charge on any atom is -0.369 e. The van der Waals surface area contributed by atoms with Crippen molar-refractivity contribution in [2.45, 2.75) is 32.7 Å². The molecule has 3 amide bonds. The lowest BCUT2D eigenvalue weighted by molar-refractivity contribution is -0.130. The number of rotatable bonds is 7. The highest BCUT2D eigenvalue weighted by molar-refractivity contribution is 5.89. The third kappa shape index (κ3) is 5.01. The topological polar surface area (TPSA) is 92.5 Å². The largest absolute Gasteiger partial charge is 0.369 e. The summed E-state index contributed by atoms with van der Waals surface area (Å²) in [5, 5.41) is 2.72. The van der Waals surface area contributed by atoms with E-state index >= 15 is 0 Å². The van der Waals surface area contributed by atoms with E-state index in [4.69, 9.17) is 5.73 Å². The summed E-state index contributed by atoms with van der Waals surface area (Å²) in [6.45, 7) is 4.30. The molecule has 7 heteroatoms. The molecule has 0 aliphatic carbocycles. The molecule has 2 unspecified atom stereocenters. The maximum atomic E-state index is 12.9. The molecule has 0 radical (unpaired) electrons. The Bertz CT molecular complexity index is 645. The number of hydrogen-bond acceptors (Lipinski definition) is 3. The summed E-state index contributed by atoms with van der Waals surface area (Å²) in [4.78, 5) is 37.5. The lowest BCUT2D eigenvalue weighted by Crippen LogP contribution is -2.40. The summed E-state index contributed by atoms with van der Waals surface area (Å²) in [5.74, 6) is -2.17. The van der Waals surface area contributed by atoms with Gasteiger partial charge in [0.05, 0.1) is 11.8 Å². The highest BCUT2D eigenvalue weighted by Gasteiger charge is 2.35. The number of carbonyl (C=O) groups excluding carboxylic acids is 3. The van der Waals surface area contributed by atoms with Crippen molar-refractivity contribution in [3.05, 3.63) is 35.6 Å². The zero-order valence-electron chi connectivity index (χ0n) is 14.5. The number of primary amides is 1. The van der Waals surface area contributed by atoms with Crippen molar-refractivity contribution in [3.63, 3.8) is 0 Å². The number of benzene rings is 1. The minimum absolute atomic E-state index is 0.0343. The van der Waals surface area contributed by atoms with Crippen LogP contribution in [0.5, 0.6) is 0 Å². The Labute approximate surface area is 146 Å². The fourth-order valence-corrected chi connectivity index (χ4v) is 2.95. The van der Waals surface area contributed by atoms with Gasteiger partial charge in [-0.05, 0) is 38.0 Å². The molecule has 0 saturated carbocycles. The average Bonchev–Trinajstić information content (AvgIpc) is 2.95. The Balaban J connectivity index is 1.90. The van der Waals surface area contributed by atoms with E-state index in [1.165, 1.54) is 12.1 Å². The number of nitrogens with two attached hydrogens (primary N) is 1. The van der Waals surface area contributed by atoms with Crippen molar-refractivity contribution in [1.29, 1.82) is 0 Å². The van der Waals surface area contributed by atoms with Crippen LogP contribution in [-0.4, -0.2) is 41.8 Å². The maximum Gasteiger partial charge on any atom is 0.225 e. The van der Waals surface area contributed by atoms with E-state index in [2.05, 4.69) is 5.32 Å². The molecule has 1 fully saturated rings. The quantitative estimate of drug-likeness (QED) is 0.764. The van der Waals surface area contributed by atoms with Crippen molar-refractivity contribution in [2.24, 2.45) is 17.6 Å². The Hall–Kier alpha value is -2.44. The van der Waals surface area contributed by atoms with Crippen LogP contribution in [0.3, 0.4) is 0 Å². The summed E-state index contributed by atoms with van der Waals surface area (Å²) < 4.78 is 12.9. The molecule has 0 bridgehead atoms. The van der Waals surface area contributed by atoms with Gasteiger partial charge in [0.15, 0.2) is 0 Å². The molecular formula is C18H24FN3O3. The van der Waals surface area contributed by atoms with Crippen LogP contribution in [0.25, 0.3) is 0 Å². The van der Waals surface area contributed by atoms with Crippen molar-refractivity contribution >= 4 is 17.7 Å². The third-order valence-corrected chi connectivity index (χ3v) is 4.47. The number of amides is 3. The first-order valence-corrected chi connectivity index (χ1v) is 8.39. The van der Waals surface area contributed by atoms with E-state index < -0.39 is 17.7 Å². The van der Waals surface area contributed by atoms with Crippen LogP contribution in [0.1, 0.15) is 25.8 Å². The number of nitrogens with zero attached hydrogens (tertiary/aromatic N) is 1. The molecule has 0 aromatic heterocycles. The van der Waals surface area contributed by atoms with Crippen molar-refractivity contribution in [3.8, 4) is 0 Å². The van der Waals surface area contributed by atoms with E-state index in [-0.39, 0.29) is 36.6 Å². The van der Waals surface area contributed by atoms with Gasteiger partial charge in [0.2, 0.25) is 17.7 Å². The van der Waals surface area contributed by atoms with Crippen LogP contribution >= 0.6 is 0 Å². The second-order valence-electron chi connectivity index (χ2n) is 6.72. The maximum absolute atomic E-state index is 12.9. The van der Waals surface area contributed by atoms with Crippen LogP contribution < -0.4 is 11.1 Å². The predicted molar refractivity (Wildman–Crippen MR) is 90.8 cm³/mol. The van der Waals surface area contributed by atoms with Crippen LogP contribution in [0.2, 0.25) is 0 Å². The molecule has 25 heavy (non-hydrogen) atoms. The lowest BCUT2D eigenvalue weighted by Gasteiger charge is -2.21. The number of carbonyl (C=O) groups is 3. The van der Waals surface area contributed by atoms with E-state index in [0.29, 0.717) is 13.0 Å². The minimum atomic E-state index is -0.590. The molecule has 1 saturated heterocycles. The van der Waals surface area contributed by atoms with Crippen LogP contribution in [-0.2, 0) is 20.8 Å². The molecule has 1 aliphatic heterocycles. The standard InChI is InChI=1S/C18H24FN3O3/c1-11(2)22-10-14(8-16(22)23)18(25)21-9-13(17(20)24)7-12-3-5-15(19)6-4-12/h3-6,11,13-14H,7-10H2,1-2H3,(H2,20,24)(H,21,25). The number of halogens is 1. The van der Waals surface area contributed by atoms with Gasteiger partial charge >= 0.3 is 0 Å². The second-order valence-corrected chi connectivity index (χ2v) is 6.72. The summed E-state index contributed by atoms with van der Waals surface area (Å²) >= 11 is 0. The Morgan fingerprint density at radius 1 is 1.32 bits per heavy atom. The van der Waals surface area contributed by atoms with E-state index in [1.54, 1.807) is 17.0 Å². The van der Waals surface area contributed by atoms with Crippen LogP contribution in [0.4, 0.5) is 4.39 Å². The molecule has 2 atom stereocenters. The van der Waals surface area contributed by atoms with Gasteiger partial charge in [-0.25, -0.2) is 4.39 Å². The summed E-state index contributed by atoms with van der Waals surface area (Å²) in [7, 11) is 0. The Morgan fingerprint density at radius 2 is 1.96 bits per heavy atom. The van der Waals surface area contributed by atoms with Crippen LogP contribution in [0, 0.1) is 17.7 Å². The molecule has 136 valence electrons. The van der Waals surface area contributed by atoms with Gasteiger partial charge in [0, 0.05) is 25.6 Å². The number of nitrogens with one attached hydrogen (secondary N) is 1. The molecule has 1 aromatic carbocycles. The van der Waals surface area contributed by atoms with Crippen LogP contribution in [0.15, 0.2) is 24.3 Å². The first-order chi connectivity index (χ1) is 11.8. The fourth-order valence-electron chi connectivity index (χ4n) is 2.95. The van der Waals surface area contributed by atoms with E-state index in [0.717, 1.165) is 5.56 Å². The normalized spacial score (nSPS) is 18.5. The van der Waals surface area contributed by atoms with Gasteiger partial charge < -0.3 is 16.0 Å². The zero-order chi connectivity index (χ0) is 18.6. The third-order valence-electron chi connectivity index (χ3n) is 4.47. The van der Waals surface area contributed by atoms with Gasteiger partial charge in [-0.3, -0.25) is 14.4 Å². The summed E-state index contributed by atoms with van der Waals surface area (Å²) in [5.41, 5.74) is 6.18. The summed E-state index contributed by atoms with van der Waals surface area (Å²) in [6, 6.07) is 5.86. The zero-order valence-corrected chi connectivity index (χ0v) is 14.5. The van der Waals surface area contributed by atoms with Gasteiger partial charge in [-0.2, -0.15) is 0 Å². The molecule has 0 spiro atoms. The smallest absolute Gasteiger partial charge is 0.225 e. The van der Waals surface area contributed by atoms with Gasteiger partial charge in [-0.15, -0.1) is 0 Å². The lowest BCUT2D eigenvalue weighted by atomic mass is 9.98. The highest BCUT2D eigenvalue weighted by atomic mass is 19.1. The number of hydrogen-bond donors (Lipinski definition) is 2. The SMILES string of the molecule is CC(C)N1CC(C(=O)NCC(Cc2ccc(F)cc2)C(N)=O)CC1=O. The van der Waals surface area contributed by atoms with Gasteiger partial charge in [0.1, 0.15) is 5.82 Å². The highest BCUT2D eigenvalue weighted by Crippen LogP contribution is 2.20. The molecule has 3 N–H and O–H groups in total. The first-order valence-electron chi connectivity index (χ1n) is 8.39. The molecule has 1 heterocycles. The Kier molecular flexibility index (Phi) is 6.12. The molecule has 1 aliphatic rings. The first kappa shape index (κ1) is 18.9. The monoisotopic (exact) mass is 349 g/mol. The molecule has 6 nitrogen and oxygen atoms in total. The fraction of sp³-hybridized carbons (Fsp3) is 0.500. The van der Waals surface area contributed by atoms with Crippen molar-refractivity contribution in [1.82, 2.24) is 10.2 Å².